The molecule has 1 N–H and O–H groups in total. The Morgan fingerprint density at radius 3 is 2.74 bits per heavy atom. The van der Waals surface area contributed by atoms with Crippen LogP contribution in [-0.2, 0) is 6.42 Å². The molecule has 1 fully saturated rings. The van der Waals surface area contributed by atoms with Gasteiger partial charge in [-0.1, -0.05) is 23.9 Å². The van der Waals surface area contributed by atoms with Crippen LogP contribution >= 0.6 is 23.1 Å². The third-order valence-corrected chi connectivity index (χ3v) is 9.84. The predicted octanol–water partition coefficient (Wildman–Crippen LogP) is 7.41. The summed E-state index contributed by atoms with van der Waals surface area (Å²) in [4.78, 5) is 4.75. The number of aryl methyl sites for hydroxylation is 1. The van der Waals surface area contributed by atoms with Crippen LogP contribution in [0.5, 0.6) is 11.5 Å². The van der Waals surface area contributed by atoms with Gasteiger partial charge in [0.15, 0.2) is 4.34 Å². The fourth-order valence-corrected chi connectivity index (χ4v) is 8.02. The summed E-state index contributed by atoms with van der Waals surface area (Å²) in [5.74, 6) is 3.85. The monoisotopic (exact) mass is 451 g/mol. The molecule has 3 aliphatic carbocycles. The molecule has 3 aromatic rings. The van der Waals surface area contributed by atoms with Gasteiger partial charge in [0.05, 0.1) is 10.2 Å². The lowest BCUT2D eigenvalue weighted by atomic mass is 9.65. The Morgan fingerprint density at radius 2 is 1.94 bits per heavy atom. The minimum atomic E-state index is -0.109. The number of nitrogens with zero attached hydrogens (tertiary/aromatic N) is 1. The number of fused-ring (bicyclic) bond motifs is 4. The molecule has 0 radical (unpaired) electrons. The molecule has 1 saturated carbocycles. The normalized spacial score (nSPS) is 26.5. The Labute approximate surface area is 192 Å². The first-order valence-corrected chi connectivity index (χ1v) is 13.5. The van der Waals surface area contributed by atoms with E-state index in [2.05, 4.69) is 31.2 Å². The summed E-state index contributed by atoms with van der Waals surface area (Å²) in [6, 6.07) is 10.4. The highest BCUT2D eigenvalue weighted by atomic mass is 32.2. The average Bonchev–Trinajstić information content (AvgIpc) is 3.21. The highest BCUT2D eigenvalue weighted by Gasteiger charge is 2.41. The van der Waals surface area contributed by atoms with Gasteiger partial charge in [-0.3, -0.25) is 0 Å². The Balaban J connectivity index is 1.15. The molecule has 31 heavy (non-hydrogen) atoms. The summed E-state index contributed by atoms with van der Waals surface area (Å²) >= 11 is 3.67. The van der Waals surface area contributed by atoms with Crippen molar-refractivity contribution in [2.45, 2.75) is 80.1 Å². The van der Waals surface area contributed by atoms with Crippen molar-refractivity contribution >= 4 is 33.3 Å². The van der Waals surface area contributed by atoms with E-state index in [0.29, 0.717) is 17.6 Å². The van der Waals surface area contributed by atoms with Gasteiger partial charge in [-0.25, -0.2) is 4.98 Å². The minimum absolute atomic E-state index is 0.109. The smallest absolute Gasteiger partial charge is 0.151 e. The number of phenolic OH excluding ortho intramolecular Hbond substituents is 1. The number of rotatable bonds is 5. The SMILES string of the molecule is CC1(CCCSc2nc3ccccc3s2)CCc2cc(O)c3c(c2O1)C1CCC3CC1. The first kappa shape index (κ1) is 19.9. The topological polar surface area (TPSA) is 42.4 Å². The Bertz CT molecular complexity index is 1100. The van der Waals surface area contributed by atoms with Crippen LogP contribution in [0.15, 0.2) is 34.7 Å². The summed E-state index contributed by atoms with van der Waals surface area (Å²) in [5.41, 5.74) is 4.81. The van der Waals surface area contributed by atoms with Gasteiger partial charge in [-0.2, -0.15) is 0 Å². The Morgan fingerprint density at radius 1 is 1.16 bits per heavy atom. The summed E-state index contributed by atoms with van der Waals surface area (Å²) in [6.07, 6.45) is 9.19. The number of phenols is 1. The van der Waals surface area contributed by atoms with Crippen LogP contribution in [0.1, 0.15) is 80.4 Å². The van der Waals surface area contributed by atoms with Crippen molar-refractivity contribution in [3.8, 4) is 11.5 Å². The first-order chi connectivity index (χ1) is 15.1. The number of aromatic hydroxyl groups is 1. The highest BCUT2D eigenvalue weighted by molar-refractivity contribution is 8.01. The van der Waals surface area contributed by atoms with E-state index in [1.165, 1.54) is 51.4 Å². The quantitative estimate of drug-likeness (QED) is 0.324. The number of ether oxygens (including phenoxy) is 1. The second-order valence-corrected chi connectivity index (χ2v) is 12.1. The van der Waals surface area contributed by atoms with Crippen LogP contribution in [0.4, 0.5) is 0 Å². The van der Waals surface area contributed by atoms with Crippen molar-refractivity contribution in [1.82, 2.24) is 4.98 Å². The molecule has 2 aromatic carbocycles. The second kappa shape index (κ2) is 7.70. The van der Waals surface area contributed by atoms with Gasteiger partial charge in [0.25, 0.3) is 0 Å². The Hall–Kier alpha value is -1.72. The van der Waals surface area contributed by atoms with Crippen LogP contribution in [-0.4, -0.2) is 21.4 Å². The maximum Gasteiger partial charge on any atom is 0.151 e. The van der Waals surface area contributed by atoms with E-state index in [1.807, 2.05) is 17.8 Å². The van der Waals surface area contributed by atoms with E-state index >= 15 is 0 Å². The summed E-state index contributed by atoms with van der Waals surface area (Å²) in [7, 11) is 0. The van der Waals surface area contributed by atoms with Crippen molar-refractivity contribution in [3.63, 3.8) is 0 Å². The predicted molar refractivity (Wildman–Crippen MR) is 129 cm³/mol. The van der Waals surface area contributed by atoms with E-state index < -0.39 is 0 Å². The zero-order valence-corrected chi connectivity index (χ0v) is 19.7. The number of para-hydroxylation sites is 1. The lowest BCUT2D eigenvalue weighted by molar-refractivity contribution is 0.0527. The van der Waals surface area contributed by atoms with E-state index in [4.69, 9.17) is 9.72 Å². The van der Waals surface area contributed by atoms with Crippen LogP contribution in [0, 0.1) is 0 Å². The molecule has 1 atom stereocenters. The van der Waals surface area contributed by atoms with Crippen molar-refractivity contribution in [2.24, 2.45) is 0 Å². The van der Waals surface area contributed by atoms with Crippen molar-refractivity contribution in [1.29, 1.82) is 0 Å². The zero-order chi connectivity index (χ0) is 21.0. The van der Waals surface area contributed by atoms with Gasteiger partial charge in [-0.05, 0) is 93.9 Å². The highest BCUT2D eigenvalue weighted by Crippen LogP contribution is 2.57. The van der Waals surface area contributed by atoms with Crippen molar-refractivity contribution in [3.05, 3.63) is 47.0 Å². The molecule has 0 saturated heterocycles. The third kappa shape index (κ3) is 3.54. The zero-order valence-electron chi connectivity index (χ0n) is 18.0. The molecule has 7 rings (SSSR count). The maximum absolute atomic E-state index is 10.7. The lowest BCUT2D eigenvalue weighted by Gasteiger charge is -2.44. The first-order valence-electron chi connectivity index (χ1n) is 11.7. The van der Waals surface area contributed by atoms with Crippen molar-refractivity contribution < 1.29 is 9.84 Å². The summed E-state index contributed by atoms with van der Waals surface area (Å²) < 4.78 is 9.23. The van der Waals surface area contributed by atoms with Gasteiger partial charge >= 0.3 is 0 Å². The van der Waals surface area contributed by atoms with Gasteiger partial charge in [-0.15, -0.1) is 11.3 Å². The largest absolute Gasteiger partial charge is 0.508 e. The van der Waals surface area contributed by atoms with Gasteiger partial charge in [0.1, 0.15) is 17.1 Å². The molecule has 5 heteroatoms. The number of hydrogen-bond donors (Lipinski definition) is 1. The minimum Gasteiger partial charge on any atom is -0.508 e. The molecule has 2 bridgehead atoms. The number of thiazole rings is 1. The van der Waals surface area contributed by atoms with Gasteiger partial charge < -0.3 is 9.84 Å². The molecule has 4 aliphatic rings. The lowest BCUT2D eigenvalue weighted by Crippen LogP contribution is -2.38. The molecule has 1 aromatic heterocycles. The van der Waals surface area contributed by atoms with Crippen molar-refractivity contribution in [2.75, 3.05) is 5.75 Å². The standard InChI is InChI=1S/C26H29NO2S2/c1-26(12-4-14-30-25-27-19-5-2-3-6-21(19)31-25)13-11-18-15-20(28)22-16-7-9-17(10-8-16)23(22)24(18)29-26/h2-3,5-6,15-17,28H,4,7-14H2,1H3. The molecule has 162 valence electrons. The molecular formula is C26H29NO2S2. The van der Waals surface area contributed by atoms with Gasteiger partial charge in [0.2, 0.25) is 0 Å². The molecule has 2 heterocycles. The molecular weight excluding hydrogens is 422 g/mol. The molecule has 1 unspecified atom stereocenters. The summed E-state index contributed by atoms with van der Waals surface area (Å²) in [5, 5.41) is 10.7. The molecule has 0 spiro atoms. The van der Waals surface area contributed by atoms with Crippen LogP contribution in [0.3, 0.4) is 0 Å². The van der Waals surface area contributed by atoms with Gasteiger partial charge in [0, 0.05) is 16.9 Å². The molecule has 0 amide bonds. The number of thioether (sulfide) groups is 1. The maximum atomic E-state index is 10.7. The fraction of sp³-hybridized carbons (Fsp3) is 0.500. The average molecular weight is 452 g/mol. The number of benzene rings is 2. The summed E-state index contributed by atoms with van der Waals surface area (Å²) in [6.45, 7) is 2.29. The number of hydrogen-bond acceptors (Lipinski definition) is 5. The van der Waals surface area contributed by atoms with E-state index in [0.717, 1.165) is 42.7 Å². The molecule has 1 aliphatic heterocycles. The van der Waals surface area contributed by atoms with E-state index in [-0.39, 0.29) is 5.60 Å². The molecule has 3 nitrogen and oxygen atoms in total. The third-order valence-electron chi connectivity index (χ3n) is 7.58. The van der Waals surface area contributed by atoms with E-state index in [9.17, 15) is 5.11 Å². The van der Waals surface area contributed by atoms with Crippen LogP contribution in [0.25, 0.3) is 10.2 Å². The van der Waals surface area contributed by atoms with Crippen LogP contribution in [0.2, 0.25) is 0 Å². The number of aromatic nitrogens is 1. The Kier molecular flexibility index (Phi) is 4.95. The van der Waals surface area contributed by atoms with E-state index in [1.54, 1.807) is 11.3 Å². The fourth-order valence-electron chi connectivity index (χ4n) is 5.94. The second-order valence-electron chi connectivity index (χ2n) is 9.71. The van der Waals surface area contributed by atoms with Crippen LogP contribution < -0.4 is 4.74 Å².